The van der Waals surface area contributed by atoms with Crippen molar-refractivity contribution in [3.8, 4) is 0 Å². The quantitative estimate of drug-likeness (QED) is 0.0243. The number of rotatable bonds is 66. The Kier molecular flexibility index (Phi) is 60.2. The molecule has 0 saturated heterocycles. The van der Waals surface area contributed by atoms with Crippen LogP contribution in [0.2, 0.25) is 0 Å². The Morgan fingerprint density at radius 1 is 0.423 bits per heavy atom. The Hall–Kier alpha value is -0.760. The molecule has 9 heteroatoms. The summed E-state index contributed by atoms with van der Waals surface area (Å²) in [5, 5.41) is 14.1. The summed E-state index contributed by atoms with van der Waals surface area (Å²) in [6.07, 6.45) is 77.5. The zero-order valence-electron chi connectivity index (χ0n) is 53.5. The van der Waals surface area contributed by atoms with Gasteiger partial charge < -0.3 is 19.8 Å². The van der Waals surface area contributed by atoms with Crippen molar-refractivity contribution in [2.45, 2.75) is 386 Å². The molecule has 78 heavy (non-hydrogen) atoms. The standard InChI is InChI=1S/C69H139N2O6P/c1-6-8-10-12-14-16-18-20-22-24-26-27-28-29-30-31-32-33-34-35-36-37-38-39-40-41-42-43-45-47-49-51-53-55-57-59-61-63-69(73)70-67(66-77-78(74,75)76-65-64-71(3,4)5)68(72)62-60-58-56-54-52-50-48-46-44-25-23-21-19-17-15-13-11-9-7-2/h33-34,67-68,72H,6-32,35-66H2,1-5H3,(H-,70,73,74,75)/p+1/b34-33-. The topological polar surface area (TPSA) is 105 Å². The summed E-state index contributed by atoms with van der Waals surface area (Å²) in [7, 11) is 1.64. The number of hydrogen-bond acceptors (Lipinski definition) is 5. The van der Waals surface area contributed by atoms with Crippen molar-refractivity contribution >= 4 is 13.7 Å². The van der Waals surface area contributed by atoms with Crippen LogP contribution in [0.1, 0.15) is 373 Å². The minimum absolute atomic E-state index is 0.0781. The zero-order chi connectivity index (χ0) is 57.0. The maximum absolute atomic E-state index is 13.1. The van der Waals surface area contributed by atoms with E-state index in [1.165, 1.54) is 308 Å². The molecular weight excluding hydrogens is 984 g/mol. The molecule has 1 amide bonds. The Morgan fingerprint density at radius 2 is 0.692 bits per heavy atom. The Morgan fingerprint density at radius 3 is 0.987 bits per heavy atom. The van der Waals surface area contributed by atoms with Crippen LogP contribution in [0.5, 0.6) is 0 Å². The highest BCUT2D eigenvalue weighted by Gasteiger charge is 2.28. The SMILES string of the molecule is CCCCCCCCCCCCCCCCCC/C=C\CCCCCCCCCCCCCCCCCCCC(=O)NC(COP(=O)(O)OCC[N+](C)(C)C)C(O)CCCCCCCCCCCCCCCCCCCCC. The van der Waals surface area contributed by atoms with E-state index in [-0.39, 0.29) is 19.1 Å². The minimum atomic E-state index is -4.32. The number of aliphatic hydroxyl groups is 1. The van der Waals surface area contributed by atoms with E-state index >= 15 is 0 Å². The average molecular weight is 1120 g/mol. The number of aliphatic hydroxyl groups excluding tert-OH is 1. The van der Waals surface area contributed by atoms with E-state index in [1.807, 2.05) is 21.1 Å². The number of allylic oxidation sites excluding steroid dienone is 2. The van der Waals surface area contributed by atoms with Gasteiger partial charge in [-0.25, -0.2) is 4.57 Å². The summed E-state index contributed by atoms with van der Waals surface area (Å²) < 4.78 is 23.9. The van der Waals surface area contributed by atoms with Crippen LogP contribution in [0, 0.1) is 0 Å². The first-order chi connectivity index (χ1) is 38.0. The second-order valence-corrected chi connectivity index (χ2v) is 27.1. The van der Waals surface area contributed by atoms with Gasteiger partial charge in [-0.2, -0.15) is 0 Å². The van der Waals surface area contributed by atoms with Crippen molar-refractivity contribution in [1.82, 2.24) is 5.32 Å². The molecule has 0 aliphatic rings. The normalized spacial score (nSPS) is 13.7. The summed E-state index contributed by atoms with van der Waals surface area (Å²) in [4.78, 5) is 23.4. The molecule has 0 fully saturated rings. The van der Waals surface area contributed by atoms with E-state index < -0.39 is 20.0 Å². The van der Waals surface area contributed by atoms with E-state index in [1.54, 1.807) is 0 Å². The number of hydrogen-bond donors (Lipinski definition) is 3. The summed E-state index contributed by atoms with van der Waals surface area (Å²) in [6.45, 7) is 4.95. The molecule has 0 rings (SSSR count). The summed E-state index contributed by atoms with van der Waals surface area (Å²) in [6, 6.07) is -0.758. The summed E-state index contributed by atoms with van der Waals surface area (Å²) in [5.74, 6) is -0.136. The Labute approximate surface area is 488 Å². The van der Waals surface area contributed by atoms with Crippen LogP contribution < -0.4 is 5.32 Å². The monoisotopic (exact) mass is 1120 g/mol. The van der Waals surface area contributed by atoms with Crippen LogP contribution in [0.15, 0.2) is 12.2 Å². The van der Waals surface area contributed by atoms with Gasteiger partial charge in [-0.05, 0) is 38.5 Å². The van der Waals surface area contributed by atoms with Gasteiger partial charge in [-0.15, -0.1) is 0 Å². The molecule has 0 saturated carbocycles. The van der Waals surface area contributed by atoms with Crippen LogP contribution in [0.4, 0.5) is 0 Å². The van der Waals surface area contributed by atoms with Gasteiger partial charge in [0.25, 0.3) is 0 Å². The molecule has 0 aromatic heterocycles. The largest absolute Gasteiger partial charge is 0.472 e. The van der Waals surface area contributed by atoms with E-state index in [0.29, 0.717) is 23.9 Å². The Bertz CT molecular complexity index is 1280. The van der Waals surface area contributed by atoms with Gasteiger partial charge in [0.05, 0.1) is 39.9 Å². The highest BCUT2D eigenvalue weighted by Crippen LogP contribution is 2.43. The first-order valence-electron chi connectivity index (χ1n) is 35.1. The molecule has 0 radical (unpaired) electrons. The fourth-order valence-corrected chi connectivity index (χ4v) is 11.8. The number of amides is 1. The van der Waals surface area contributed by atoms with Crippen molar-refractivity contribution in [1.29, 1.82) is 0 Å². The summed E-state index contributed by atoms with van der Waals surface area (Å²) in [5.41, 5.74) is 0. The van der Waals surface area contributed by atoms with Gasteiger partial charge >= 0.3 is 7.82 Å². The molecule has 3 unspecified atom stereocenters. The maximum atomic E-state index is 13.1. The number of carbonyl (C=O) groups is 1. The van der Waals surface area contributed by atoms with Crippen LogP contribution in [-0.4, -0.2) is 73.4 Å². The molecule has 0 heterocycles. The highest BCUT2D eigenvalue weighted by atomic mass is 31.2. The fraction of sp³-hybridized carbons (Fsp3) is 0.957. The molecule has 0 spiro atoms. The molecule has 3 N–H and O–H groups in total. The number of phosphoric acid groups is 1. The number of quaternary nitrogens is 1. The second kappa shape index (κ2) is 60.8. The molecule has 0 aliphatic carbocycles. The van der Waals surface area contributed by atoms with Gasteiger partial charge in [-0.3, -0.25) is 13.8 Å². The predicted octanol–water partition coefficient (Wildman–Crippen LogP) is 22.1. The third-order valence-electron chi connectivity index (χ3n) is 16.5. The van der Waals surface area contributed by atoms with Crippen LogP contribution in [-0.2, 0) is 18.4 Å². The molecular formula is C69H140N2O6P+. The van der Waals surface area contributed by atoms with Gasteiger partial charge in [-0.1, -0.05) is 341 Å². The first kappa shape index (κ1) is 77.2. The number of phosphoric ester groups is 1. The second-order valence-electron chi connectivity index (χ2n) is 25.6. The van der Waals surface area contributed by atoms with Crippen molar-refractivity contribution in [3.63, 3.8) is 0 Å². The van der Waals surface area contributed by atoms with Crippen molar-refractivity contribution in [3.05, 3.63) is 12.2 Å². The number of likely N-dealkylation sites (N-methyl/N-ethyl adjacent to an activating group) is 1. The van der Waals surface area contributed by atoms with Gasteiger partial charge in [0.2, 0.25) is 5.91 Å². The van der Waals surface area contributed by atoms with Crippen LogP contribution in [0.3, 0.4) is 0 Å². The number of carbonyl (C=O) groups excluding carboxylic acids is 1. The fourth-order valence-electron chi connectivity index (χ4n) is 11.0. The van der Waals surface area contributed by atoms with Gasteiger partial charge in [0, 0.05) is 6.42 Å². The third-order valence-corrected chi connectivity index (χ3v) is 17.5. The molecule has 0 bridgehead atoms. The molecule has 0 aliphatic heterocycles. The minimum Gasteiger partial charge on any atom is -0.391 e. The highest BCUT2D eigenvalue weighted by molar-refractivity contribution is 7.47. The average Bonchev–Trinajstić information content (AvgIpc) is 3.41. The zero-order valence-corrected chi connectivity index (χ0v) is 54.3. The lowest BCUT2D eigenvalue weighted by molar-refractivity contribution is -0.870. The number of nitrogens with one attached hydrogen (secondary N) is 1. The van der Waals surface area contributed by atoms with E-state index in [9.17, 15) is 19.4 Å². The van der Waals surface area contributed by atoms with E-state index in [2.05, 4.69) is 31.3 Å². The molecule has 8 nitrogen and oxygen atoms in total. The predicted molar refractivity (Wildman–Crippen MR) is 342 cm³/mol. The van der Waals surface area contributed by atoms with Gasteiger partial charge in [0.1, 0.15) is 13.2 Å². The van der Waals surface area contributed by atoms with Crippen molar-refractivity contribution < 1.29 is 32.9 Å². The van der Waals surface area contributed by atoms with Crippen molar-refractivity contribution in [2.24, 2.45) is 0 Å². The smallest absolute Gasteiger partial charge is 0.391 e. The summed E-state index contributed by atoms with van der Waals surface area (Å²) >= 11 is 0. The third kappa shape index (κ3) is 62.8. The maximum Gasteiger partial charge on any atom is 0.472 e. The lowest BCUT2D eigenvalue weighted by Gasteiger charge is -2.26. The number of nitrogens with zero attached hydrogens (tertiary/aromatic N) is 1. The molecule has 0 aromatic carbocycles. The Balaban J connectivity index is 3.91. The molecule has 3 atom stereocenters. The molecule has 466 valence electrons. The lowest BCUT2D eigenvalue weighted by Crippen LogP contribution is -2.46. The first-order valence-corrected chi connectivity index (χ1v) is 36.5. The lowest BCUT2D eigenvalue weighted by atomic mass is 10.0. The van der Waals surface area contributed by atoms with Crippen molar-refractivity contribution in [2.75, 3.05) is 40.9 Å². The van der Waals surface area contributed by atoms with E-state index in [4.69, 9.17) is 9.05 Å². The van der Waals surface area contributed by atoms with E-state index in [0.717, 1.165) is 38.5 Å². The number of unbranched alkanes of at least 4 members (excludes halogenated alkanes) is 51. The van der Waals surface area contributed by atoms with Crippen LogP contribution in [0.25, 0.3) is 0 Å². The van der Waals surface area contributed by atoms with Gasteiger partial charge in [0.15, 0.2) is 0 Å². The van der Waals surface area contributed by atoms with Crippen LogP contribution >= 0.6 is 7.82 Å². The molecule has 0 aromatic rings.